The molecule has 0 unspecified atom stereocenters. The summed E-state index contributed by atoms with van der Waals surface area (Å²) in [7, 11) is 0. The average Bonchev–Trinajstić information content (AvgIpc) is 3.33. The van der Waals surface area contributed by atoms with E-state index in [9.17, 15) is 9.59 Å². The van der Waals surface area contributed by atoms with Crippen molar-refractivity contribution in [2.24, 2.45) is 0 Å². The van der Waals surface area contributed by atoms with Crippen molar-refractivity contribution in [3.05, 3.63) is 95.9 Å². The normalized spacial score (nSPS) is 14.7. The van der Waals surface area contributed by atoms with Crippen LogP contribution >= 0.6 is 0 Å². The fourth-order valence-corrected chi connectivity index (χ4v) is 3.44. The minimum atomic E-state index is -0.134. The van der Waals surface area contributed by atoms with Crippen LogP contribution in [0.3, 0.4) is 0 Å². The fraction of sp³-hybridized carbons (Fsp3) is 0.167. The maximum Gasteiger partial charge on any atom is 0.289 e. The molecule has 0 bridgehead atoms. The largest absolute Gasteiger partial charge is 0.459 e. The summed E-state index contributed by atoms with van der Waals surface area (Å²) in [6, 6.07) is 22.9. The molecule has 2 amide bonds. The molecule has 1 saturated heterocycles. The lowest BCUT2D eigenvalue weighted by molar-refractivity contribution is -0.126. The summed E-state index contributed by atoms with van der Waals surface area (Å²) < 4.78 is 5.20. The van der Waals surface area contributed by atoms with Crippen molar-refractivity contribution in [1.29, 1.82) is 0 Å². The van der Waals surface area contributed by atoms with Gasteiger partial charge in [0, 0.05) is 31.8 Å². The van der Waals surface area contributed by atoms with E-state index in [4.69, 9.17) is 4.42 Å². The van der Waals surface area contributed by atoms with E-state index >= 15 is 0 Å². The van der Waals surface area contributed by atoms with Crippen molar-refractivity contribution in [2.45, 2.75) is 0 Å². The van der Waals surface area contributed by atoms with Gasteiger partial charge in [-0.25, -0.2) is 0 Å². The number of piperazine rings is 1. The molecule has 2 aromatic carbocycles. The Balaban J connectivity index is 1.52. The third kappa shape index (κ3) is 4.29. The summed E-state index contributed by atoms with van der Waals surface area (Å²) in [5.41, 5.74) is 2.52. The van der Waals surface area contributed by atoms with Crippen LogP contribution in [0, 0.1) is 0 Å². The van der Waals surface area contributed by atoms with E-state index in [1.165, 1.54) is 6.26 Å². The molecule has 1 aliphatic rings. The summed E-state index contributed by atoms with van der Waals surface area (Å²) in [5.74, 6) is 0.175. The van der Waals surface area contributed by atoms with Gasteiger partial charge in [0.1, 0.15) is 0 Å². The van der Waals surface area contributed by atoms with Gasteiger partial charge in [-0.3, -0.25) is 9.59 Å². The minimum Gasteiger partial charge on any atom is -0.459 e. The predicted octanol–water partition coefficient (Wildman–Crippen LogP) is 3.80. The van der Waals surface area contributed by atoms with Gasteiger partial charge in [-0.15, -0.1) is 0 Å². The van der Waals surface area contributed by atoms with Gasteiger partial charge in [0.15, 0.2) is 5.76 Å². The lowest BCUT2D eigenvalue weighted by Crippen LogP contribution is -2.50. The van der Waals surface area contributed by atoms with Crippen molar-refractivity contribution in [1.82, 2.24) is 9.80 Å². The quantitative estimate of drug-likeness (QED) is 0.506. The van der Waals surface area contributed by atoms with Gasteiger partial charge in [0.05, 0.1) is 6.26 Å². The third-order valence-corrected chi connectivity index (χ3v) is 5.01. The van der Waals surface area contributed by atoms with E-state index in [0.717, 1.165) is 11.1 Å². The molecule has 29 heavy (non-hydrogen) atoms. The lowest BCUT2D eigenvalue weighted by atomic mass is 10.0. The van der Waals surface area contributed by atoms with Gasteiger partial charge in [0.25, 0.3) is 11.8 Å². The van der Waals surface area contributed by atoms with Crippen LogP contribution in [0.4, 0.5) is 0 Å². The first-order valence-corrected chi connectivity index (χ1v) is 9.66. The second kappa shape index (κ2) is 8.61. The molecule has 5 heteroatoms. The number of carbonyl (C=O) groups is 2. The molecule has 1 aromatic heterocycles. The van der Waals surface area contributed by atoms with Crippen LogP contribution in [0.5, 0.6) is 0 Å². The molecular formula is C24H22N2O3. The van der Waals surface area contributed by atoms with Crippen LogP contribution in [0.15, 0.2) is 83.5 Å². The fourth-order valence-electron chi connectivity index (χ4n) is 3.44. The van der Waals surface area contributed by atoms with Gasteiger partial charge in [-0.1, -0.05) is 60.7 Å². The topological polar surface area (TPSA) is 53.8 Å². The molecule has 0 aliphatic carbocycles. The van der Waals surface area contributed by atoms with Crippen molar-refractivity contribution in [3.8, 4) is 0 Å². The highest BCUT2D eigenvalue weighted by Crippen LogP contribution is 2.22. The number of hydrogen-bond donors (Lipinski definition) is 0. The molecule has 1 aliphatic heterocycles. The van der Waals surface area contributed by atoms with E-state index in [1.54, 1.807) is 17.0 Å². The Morgan fingerprint density at radius 2 is 1.38 bits per heavy atom. The Morgan fingerprint density at radius 3 is 2.00 bits per heavy atom. The van der Waals surface area contributed by atoms with Gasteiger partial charge in [-0.05, 0) is 29.3 Å². The summed E-state index contributed by atoms with van der Waals surface area (Å²) in [4.78, 5) is 29.3. The van der Waals surface area contributed by atoms with Gasteiger partial charge < -0.3 is 14.2 Å². The van der Waals surface area contributed by atoms with Crippen molar-refractivity contribution in [2.75, 3.05) is 26.2 Å². The number of benzene rings is 2. The SMILES string of the molecule is O=C(C(=Cc1ccccc1)c1ccccc1)N1CCN(C(=O)c2ccco2)CC1. The molecule has 0 atom stereocenters. The number of carbonyl (C=O) groups excluding carboxylic acids is 2. The summed E-state index contributed by atoms with van der Waals surface area (Å²) in [6.07, 6.45) is 3.42. The Kier molecular flexibility index (Phi) is 5.56. The third-order valence-electron chi connectivity index (χ3n) is 5.01. The first-order valence-electron chi connectivity index (χ1n) is 9.66. The van der Waals surface area contributed by atoms with Crippen LogP contribution < -0.4 is 0 Å². The number of furan rings is 1. The molecule has 0 radical (unpaired) electrons. The first-order chi connectivity index (χ1) is 14.2. The molecule has 0 saturated carbocycles. The predicted molar refractivity (Wildman–Crippen MR) is 112 cm³/mol. The smallest absolute Gasteiger partial charge is 0.289 e. The monoisotopic (exact) mass is 386 g/mol. The summed E-state index contributed by atoms with van der Waals surface area (Å²) in [6.45, 7) is 1.95. The highest BCUT2D eigenvalue weighted by Gasteiger charge is 2.27. The maximum atomic E-state index is 13.3. The Bertz CT molecular complexity index is 987. The van der Waals surface area contributed by atoms with E-state index < -0.39 is 0 Å². The van der Waals surface area contributed by atoms with Crippen LogP contribution in [0.1, 0.15) is 21.7 Å². The van der Waals surface area contributed by atoms with Crippen LogP contribution in [-0.4, -0.2) is 47.8 Å². The molecule has 4 rings (SSSR count). The van der Waals surface area contributed by atoms with Gasteiger partial charge in [-0.2, -0.15) is 0 Å². The second-order valence-electron chi connectivity index (χ2n) is 6.90. The van der Waals surface area contributed by atoms with Crippen LogP contribution in [0.25, 0.3) is 11.6 Å². The van der Waals surface area contributed by atoms with E-state index in [0.29, 0.717) is 37.5 Å². The Morgan fingerprint density at radius 1 is 0.759 bits per heavy atom. The lowest BCUT2D eigenvalue weighted by Gasteiger charge is -2.34. The number of nitrogens with zero attached hydrogens (tertiary/aromatic N) is 2. The molecule has 5 nitrogen and oxygen atoms in total. The average molecular weight is 386 g/mol. The number of hydrogen-bond acceptors (Lipinski definition) is 3. The van der Waals surface area contributed by atoms with Gasteiger partial charge >= 0.3 is 0 Å². The van der Waals surface area contributed by atoms with E-state index in [1.807, 2.05) is 71.6 Å². The Labute approximate surface area is 169 Å². The van der Waals surface area contributed by atoms with E-state index in [2.05, 4.69) is 0 Å². The zero-order chi connectivity index (χ0) is 20.1. The first kappa shape index (κ1) is 18.7. The number of amides is 2. The molecule has 1 fully saturated rings. The molecule has 0 N–H and O–H groups in total. The highest BCUT2D eigenvalue weighted by atomic mass is 16.3. The van der Waals surface area contributed by atoms with Crippen molar-refractivity contribution < 1.29 is 14.0 Å². The second-order valence-corrected chi connectivity index (χ2v) is 6.90. The highest BCUT2D eigenvalue weighted by molar-refractivity contribution is 6.24. The zero-order valence-electron chi connectivity index (χ0n) is 16.0. The van der Waals surface area contributed by atoms with Crippen molar-refractivity contribution in [3.63, 3.8) is 0 Å². The molecular weight excluding hydrogens is 364 g/mol. The summed E-state index contributed by atoms with van der Waals surface area (Å²) >= 11 is 0. The zero-order valence-corrected chi connectivity index (χ0v) is 16.0. The van der Waals surface area contributed by atoms with E-state index in [-0.39, 0.29) is 11.8 Å². The van der Waals surface area contributed by atoms with Crippen LogP contribution in [0.2, 0.25) is 0 Å². The van der Waals surface area contributed by atoms with Gasteiger partial charge in [0.2, 0.25) is 0 Å². The summed E-state index contributed by atoms with van der Waals surface area (Å²) in [5, 5.41) is 0. The minimum absolute atomic E-state index is 0.0230. The molecule has 0 spiro atoms. The number of rotatable bonds is 4. The van der Waals surface area contributed by atoms with Crippen molar-refractivity contribution >= 4 is 23.5 Å². The maximum absolute atomic E-state index is 13.3. The molecule has 2 heterocycles. The molecule has 146 valence electrons. The van der Waals surface area contributed by atoms with Crippen LogP contribution in [-0.2, 0) is 4.79 Å². The standard InChI is InChI=1S/C24H22N2O3/c27-23(25-13-15-26(16-14-25)24(28)22-12-7-17-29-22)21(20-10-5-2-6-11-20)18-19-8-3-1-4-9-19/h1-12,17-18H,13-16H2. The Hall–Kier alpha value is -3.60. The molecule has 3 aromatic rings.